The quantitative estimate of drug-likeness (QED) is 0.547. The normalized spacial score (nSPS) is 10.2. The number of hydrogen-bond donors (Lipinski definition) is 0. The van der Waals surface area contributed by atoms with E-state index in [0.29, 0.717) is 11.5 Å². The molecule has 0 aliphatic carbocycles. The van der Waals surface area contributed by atoms with E-state index in [9.17, 15) is 4.79 Å². The molecule has 0 radical (unpaired) electrons. The molecular weight excluding hydrogens is 144 g/mol. The van der Waals surface area contributed by atoms with Crippen LogP contribution in [-0.2, 0) is 0 Å². The average Bonchev–Trinajstić information content (AvgIpc) is 2.31. The van der Waals surface area contributed by atoms with Crippen molar-refractivity contribution in [3.05, 3.63) is 35.1 Å². The van der Waals surface area contributed by atoms with Crippen LogP contribution in [0.1, 0.15) is 0 Å². The van der Waals surface area contributed by atoms with E-state index in [1.54, 1.807) is 12.3 Å². The monoisotopic (exact) mass is 148 g/mol. The Morgan fingerprint density at radius 2 is 2.27 bits per heavy atom. The summed E-state index contributed by atoms with van der Waals surface area (Å²) in [5, 5.41) is 0. The van der Waals surface area contributed by atoms with E-state index >= 15 is 0 Å². The van der Waals surface area contributed by atoms with Gasteiger partial charge in [0.25, 0.3) is 0 Å². The minimum absolute atomic E-state index is 0.465. The Hall–Kier alpha value is -1.71. The van der Waals surface area contributed by atoms with Crippen LogP contribution in [0.25, 0.3) is 11.5 Å². The van der Waals surface area contributed by atoms with Gasteiger partial charge >= 0.3 is 5.63 Å². The van der Waals surface area contributed by atoms with Crippen LogP contribution in [0.15, 0.2) is 33.9 Å². The smallest absolute Gasteiger partial charge is 0.354 e. The second-order valence-corrected chi connectivity index (χ2v) is 2.02. The lowest BCUT2D eigenvalue weighted by Crippen LogP contribution is -1.90. The highest BCUT2D eigenvalue weighted by molar-refractivity contribution is 5.50. The molecule has 2 heterocycles. The first-order chi connectivity index (χ1) is 5.36. The van der Waals surface area contributed by atoms with E-state index in [2.05, 4.69) is 9.97 Å². The van der Waals surface area contributed by atoms with E-state index < -0.39 is 5.63 Å². The molecule has 4 nitrogen and oxygen atoms in total. The first kappa shape index (κ1) is 6.03. The summed E-state index contributed by atoms with van der Waals surface area (Å²) in [7, 11) is 0. The van der Waals surface area contributed by atoms with Crippen LogP contribution >= 0.6 is 0 Å². The molecule has 0 saturated carbocycles. The van der Waals surface area contributed by atoms with Gasteiger partial charge < -0.3 is 4.42 Å². The fraction of sp³-hybridized carbons (Fsp3) is 0. The minimum atomic E-state index is -0.465. The van der Waals surface area contributed by atoms with Crippen LogP contribution in [0.2, 0.25) is 0 Å². The highest BCUT2D eigenvalue weighted by atomic mass is 16.4. The lowest BCUT2D eigenvalue weighted by atomic mass is 10.4. The largest absolute Gasteiger partial charge is 0.420 e. The molecule has 0 bridgehead atoms. The van der Waals surface area contributed by atoms with Crippen molar-refractivity contribution in [2.45, 2.75) is 0 Å². The van der Waals surface area contributed by atoms with Crippen molar-refractivity contribution in [3.8, 4) is 11.5 Å². The molecule has 0 spiro atoms. The van der Waals surface area contributed by atoms with Gasteiger partial charge in [0.15, 0.2) is 5.76 Å². The molecular formula is C7H4N2O2. The Kier molecular flexibility index (Phi) is 1.18. The molecule has 0 aromatic heterocycles. The summed E-state index contributed by atoms with van der Waals surface area (Å²) in [4.78, 5) is 18.3. The van der Waals surface area contributed by atoms with Gasteiger partial charge in [-0.3, -0.25) is 9.97 Å². The van der Waals surface area contributed by atoms with Crippen molar-refractivity contribution in [2.75, 3.05) is 0 Å². The third-order valence-electron chi connectivity index (χ3n) is 1.28. The molecule has 0 N–H and O–H groups in total. The molecule has 2 aliphatic rings. The molecule has 2 rings (SSSR count). The number of rotatable bonds is 0. The zero-order valence-electron chi connectivity index (χ0n) is 5.52. The predicted molar refractivity (Wildman–Crippen MR) is 37.2 cm³/mol. The summed E-state index contributed by atoms with van der Waals surface area (Å²) >= 11 is 0. The maximum absolute atomic E-state index is 10.7. The van der Waals surface area contributed by atoms with Gasteiger partial charge in [0.05, 0.1) is 6.20 Å². The average molecular weight is 148 g/mol. The Balaban J connectivity index is 2.83. The fourth-order valence-electron chi connectivity index (χ4n) is 0.821. The third-order valence-corrected chi connectivity index (χ3v) is 1.28. The van der Waals surface area contributed by atoms with Crippen LogP contribution in [0.4, 0.5) is 0 Å². The number of hydrogen-bond acceptors (Lipinski definition) is 4. The molecule has 0 amide bonds. The van der Waals surface area contributed by atoms with Crippen LogP contribution < -0.4 is 5.63 Å². The molecule has 4 heteroatoms. The first-order valence-electron chi connectivity index (χ1n) is 3.06. The zero-order chi connectivity index (χ0) is 7.68. The molecule has 11 heavy (non-hydrogen) atoms. The minimum Gasteiger partial charge on any atom is -0.420 e. The Morgan fingerprint density at radius 1 is 1.36 bits per heavy atom. The van der Waals surface area contributed by atoms with Gasteiger partial charge in [-0.25, -0.2) is 4.79 Å². The summed E-state index contributed by atoms with van der Waals surface area (Å²) in [6, 6.07) is 1.62. The molecule has 2 aliphatic heterocycles. The molecule has 0 fully saturated rings. The standard InChI is InChI=1S/C7H4N2O2/c10-7-4-8-3-5-6(11-7)1-2-9-5/h1-4H. The van der Waals surface area contributed by atoms with Crippen LogP contribution in [0, 0.1) is 0 Å². The van der Waals surface area contributed by atoms with Crippen molar-refractivity contribution >= 4 is 0 Å². The Bertz CT molecular complexity index is 396. The molecule has 0 saturated heterocycles. The predicted octanol–water partition coefficient (Wildman–Crippen LogP) is 0.535. The molecule has 0 unspecified atom stereocenters. The SMILES string of the molecule is O=c1cncc2nccc-2o1. The highest BCUT2D eigenvalue weighted by Gasteiger charge is 2.03. The van der Waals surface area contributed by atoms with E-state index in [0.717, 1.165) is 6.20 Å². The topological polar surface area (TPSA) is 56.0 Å². The summed E-state index contributed by atoms with van der Waals surface area (Å²) in [5.41, 5.74) is 0.125. The van der Waals surface area contributed by atoms with Gasteiger partial charge in [-0.05, 0) is 0 Å². The lowest BCUT2D eigenvalue weighted by Gasteiger charge is -1.81. The van der Waals surface area contributed by atoms with Gasteiger partial charge in [-0.1, -0.05) is 0 Å². The number of fused-ring (bicyclic) bond motifs is 1. The summed E-state index contributed by atoms with van der Waals surface area (Å²) in [6.45, 7) is 0. The zero-order valence-corrected chi connectivity index (χ0v) is 5.52. The maximum Gasteiger partial charge on any atom is 0.354 e. The lowest BCUT2D eigenvalue weighted by molar-refractivity contribution is 0.530. The Labute approximate surface area is 61.9 Å². The summed E-state index contributed by atoms with van der Waals surface area (Å²) in [6.07, 6.45) is 4.16. The van der Waals surface area contributed by atoms with Gasteiger partial charge in [-0.15, -0.1) is 0 Å². The fourth-order valence-corrected chi connectivity index (χ4v) is 0.821. The van der Waals surface area contributed by atoms with Gasteiger partial charge in [0.2, 0.25) is 0 Å². The summed E-state index contributed by atoms with van der Waals surface area (Å²) in [5.74, 6) is 0.465. The van der Waals surface area contributed by atoms with Gasteiger partial charge in [0.1, 0.15) is 11.9 Å². The summed E-state index contributed by atoms with van der Waals surface area (Å²) < 4.78 is 4.81. The third kappa shape index (κ3) is 0.980. The van der Waals surface area contributed by atoms with E-state index in [-0.39, 0.29) is 0 Å². The van der Waals surface area contributed by atoms with Gasteiger partial charge in [0, 0.05) is 12.3 Å². The van der Waals surface area contributed by atoms with Crippen LogP contribution in [0.3, 0.4) is 0 Å². The van der Waals surface area contributed by atoms with Crippen molar-refractivity contribution in [2.24, 2.45) is 0 Å². The second-order valence-electron chi connectivity index (χ2n) is 2.02. The van der Waals surface area contributed by atoms with E-state index in [4.69, 9.17) is 4.42 Å². The molecule has 54 valence electrons. The molecule has 0 aromatic carbocycles. The van der Waals surface area contributed by atoms with Crippen molar-refractivity contribution < 1.29 is 4.42 Å². The number of aromatic nitrogens is 2. The Morgan fingerprint density at radius 3 is 3.18 bits per heavy atom. The van der Waals surface area contributed by atoms with Crippen molar-refractivity contribution in [1.82, 2.24) is 9.97 Å². The van der Waals surface area contributed by atoms with Gasteiger partial charge in [-0.2, -0.15) is 0 Å². The first-order valence-corrected chi connectivity index (χ1v) is 3.06. The maximum atomic E-state index is 10.7. The number of nitrogens with zero attached hydrogens (tertiary/aromatic N) is 2. The van der Waals surface area contributed by atoms with Crippen LogP contribution in [-0.4, -0.2) is 9.97 Å². The molecule has 0 atom stereocenters. The molecule has 0 aromatic rings. The second kappa shape index (κ2) is 2.16. The van der Waals surface area contributed by atoms with Crippen molar-refractivity contribution in [1.29, 1.82) is 0 Å². The van der Waals surface area contributed by atoms with E-state index in [1.165, 1.54) is 6.20 Å². The van der Waals surface area contributed by atoms with Crippen LogP contribution in [0.5, 0.6) is 0 Å². The van der Waals surface area contributed by atoms with E-state index in [1.807, 2.05) is 0 Å². The van der Waals surface area contributed by atoms with Crippen molar-refractivity contribution in [3.63, 3.8) is 0 Å². The highest BCUT2D eigenvalue weighted by Crippen LogP contribution is 2.13.